The molecule has 1 spiro atoms. The van der Waals surface area contributed by atoms with E-state index in [1.54, 1.807) is 36.4 Å². The second-order valence-electron chi connectivity index (χ2n) is 12.4. The third-order valence-corrected chi connectivity index (χ3v) is 9.16. The molecule has 46 heavy (non-hydrogen) atoms. The largest absolute Gasteiger partial charge is 0.495 e. The summed E-state index contributed by atoms with van der Waals surface area (Å²) in [6.07, 6.45) is 7.52. The van der Waals surface area contributed by atoms with Gasteiger partial charge in [0.1, 0.15) is 41.0 Å². The SMILES string of the molecule is C=CC(=O)N1CCC(Nc2cc3c(Nc4ccc(Oc5ccnc(N6CC7(CC(O)C7)C6)c5)cc4F)ncnc3cc2OC)CC1. The molecule has 4 heterocycles. The predicted molar refractivity (Wildman–Crippen MR) is 173 cm³/mol. The van der Waals surface area contributed by atoms with E-state index >= 15 is 4.39 Å². The molecule has 1 saturated carbocycles. The van der Waals surface area contributed by atoms with E-state index in [4.69, 9.17) is 9.47 Å². The molecule has 3 aliphatic rings. The molecule has 12 heteroatoms. The van der Waals surface area contributed by atoms with Crippen molar-refractivity contribution in [2.75, 3.05) is 48.8 Å². The third-order valence-electron chi connectivity index (χ3n) is 9.16. The van der Waals surface area contributed by atoms with Crippen LogP contribution in [0.2, 0.25) is 0 Å². The van der Waals surface area contributed by atoms with Crippen LogP contribution in [0.1, 0.15) is 25.7 Å². The number of hydrogen-bond donors (Lipinski definition) is 3. The highest BCUT2D eigenvalue weighted by Crippen LogP contribution is 2.49. The molecule has 1 amide bonds. The summed E-state index contributed by atoms with van der Waals surface area (Å²) in [5, 5.41) is 17.0. The van der Waals surface area contributed by atoms with Crippen molar-refractivity contribution in [3.63, 3.8) is 0 Å². The maximum absolute atomic E-state index is 15.4. The molecule has 1 aliphatic carbocycles. The molecular weight excluding hydrogens is 589 g/mol. The van der Waals surface area contributed by atoms with Crippen LogP contribution in [0.25, 0.3) is 10.9 Å². The lowest BCUT2D eigenvalue weighted by Gasteiger charge is -2.58. The van der Waals surface area contributed by atoms with Crippen LogP contribution in [0.5, 0.6) is 17.2 Å². The number of aliphatic hydroxyl groups is 1. The first kappa shape index (κ1) is 29.7. The zero-order chi connectivity index (χ0) is 31.8. The maximum atomic E-state index is 15.4. The van der Waals surface area contributed by atoms with Crippen LogP contribution in [-0.2, 0) is 4.79 Å². The molecule has 11 nitrogen and oxygen atoms in total. The van der Waals surface area contributed by atoms with Gasteiger partial charge in [0.05, 0.1) is 30.1 Å². The van der Waals surface area contributed by atoms with E-state index in [-0.39, 0.29) is 29.2 Å². The normalized spacial score (nSPS) is 17.7. The average Bonchev–Trinajstić information content (AvgIpc) is 3.03. The molecule has 4 aromatic rings. The van der Waals surface area contributed by atoms with Gasteiger partial charge in [0, 0.05) is 67.4 Å². The number of likely N-dealkylation sites (tertiary alicyclic amines) is 1. The number of pyridine rings is 1. The maximum Gasteiger partial charge on any atom is 0.245 e. The number of carbonyl (C=O) groups excluding carboxylic acids is 1. The van der Waals surface area contributed by atoms with Crippen molar-refractivity contribution in [1.82, 2.24) is 19.9 Å². The van der Waals surface area contributed by atoms with Crippen molar-refractivity contribution in [3.05, 3.63) is 73.5 Å². The van der Waals surface area contributed by atoms with Gasteiger partial charge in [-0.3, -0.25) is 4.79 Å². The topological polar surface area (TPSA) is 125 Å². The minimum absolute atomic E-state index is 0.0561. The fraction of sp³-hybridized carbons (Fsp3) is 0.353. The van der Waals surface area contributed by atoms with Gasteiger partial charge in [0.25, 0.3) is 0 Å². The zero-order valence-electron chi connectivity index (χ0n) is 25.6. The van der Waals surface area contributed by atoms with Gasteiger partial charge in [0.2, 0.25) is 5.91 Å². The summed E-state index contributed by atoms with van der Waals surface area (Å²) in [5.74, 6) is 2.24. The molecule has 7 rings (SSSR count). The Morgan fingerprint density at radius 3 is 2.57 bits per heavy atom. The number of fused-ring (bicyclic) bond motifs is 1. The van der Waals surface area contributed by atoms with Gasteiger partial charge < -0.3 is 35.0 Å². The van der Waals surface area contributed by atoms with Crippen LogP contribution in [0.15, 0.2) is 67.6 Å². The first-order valence-electron chi connectivity index (χ1n) is 15.5. The minimum atomic E-state index is -0.501. The van der Waals surface area contributed by atoms with Crippen LogP contribution in [0, 0.1) is 11.2 Å². The fourth-order valence-corrected chi connectivity index (χ4v) is 6.74. The number of benzene rings is 2. The Labute approximate surface area is 266 Å². The van der Waals surface area contributed by atoms with Crippen LogP contribution in [0.3, 0.4) is 0 Å². The summed E-state index contributed by atoms with van der Waals surface area (Å²) in [5.41, 5.74) is 1.86. The van der Waals surface area contributed by atoms with E-state index in [1.165, 1.54) is 18.5 Å². The number of aromatic nitrogens is 3. The number of rotatable bonds is 9. The highest BCUT2D eigenvalue weighted by atomic mass is 19.1. The molecule has 3 N–H and O–H groups in total. The summed E-state index contributed by atoms with van der Waals surface area (Å²) < 4.78 is 27.0. The quantitative estimate of drug-likeness (QED) is 0.212. The molecule has 3 fully saturated rings. The Kier molecular flexibility index (Phi) is 7.81. The van der Waals surface area contributed by atoms with Crippen LogP contribution >= 0.6 is 0 Å². The van der Waals surface area contributed by atoms with E-state index in [0.29, 0.717) is 47.1 Å². The summed E-state index contributed by atoms with van der Waals surface area (Å²) in [6.45, 7) is 6.60. The number of anilines is 4. The number of ether oxygens (including phenoxy) is 2. The number of nitrogens with one attached hydrogen (secondary N) is 2. The molecule has 0 unspecified atom stereocenters. The van der Waals surface area contributed by atoms with Crippen molar-refractivity contribution in [2.45, 2.75) is 37.8 Å². The standard InChI is InChI=1S/C34H36FN7O4/c1-3-32(44)41-10-7-21(8-11-41)39-29-14-25-28(15-30(29)45-2)37-20-38-33(25)40-27-5-4-23(12-26(27)35)46-24-6-9-36-31(13-24)42-18-34(19-42)16-22(43)17-34/h3-6,9,12-15,20-22,39,43H,1,7-8,10-11,16-19H2,2H3,(H,37,38,40). The second kappa shape index (κ2) is 12.1. The number of halogens is 1. The fourth-order valence-electron chi connectivity index (χ4n) is 6.74. The van der Waals surface area contributed by atoms with Gasteiger partial charge in [-0.1, -0.05) is 6.58 Å². The lowest BCUT2D eigenvalue weighted by molar-refractivity contribution is -0.126. The number of carbonyl (C=O) groups is 1. The minimum Gasteiger partial charge on any atom is -0.495 e. The van der Waals surface area contributed by atoms with E-state index in [9.17, 15) is 9.90 Å². The summed E-state index contributed by atoms with van der Waals surface area (Å²) in [4.78, 5) is 29.2. The number of aliphatic hydroxyl groups excluding tert-OH is 1. The van der Waals surface area contributed by atoms with Gasteiger partial charge in [-0.25, -0.2) is 19.3 Å². The van der Waals surface area contributed by atoms with Crippen molar-refractivity contribution in [2.24, 2.45) is 5.41 Å². The molecule has 2 aliphatic heterocycles. The van der Waals surface area contributed by atoms with Crippen molar-refractivity contribution in [3.8, 4) is 17.2 Å². The number of piperidine rings is 1. The van der Waals surface area contributed by atoms with Crippen LogP contribution in [0.4, 0.5) is 27.4 Å². The molecule has 2 aromatic heterocycles. The molecular formula is C34H36FN7O4. The monoisotopic (exact) mass is 625 g/mol. The van der Waals surface area contributed by atoms with Gasteiger partial charge in [-0.2, -0.15) is 0 Å². The van der Waals surface area contributed by atoms with E-state index < -0.39 is 5.82 Å². The highest BCUT2D eigenvalue weighted by Gasteiger charge is 2.52. The Bertz CT molecular complexity index is 1780. The molecule has 0 radical (unpaired) electrons. The van der Waals surface area contributed by atoms with Crippen LogP contribution < -0.4 is 25.0 Å². The Balaban J connectivity index is 1.05. The van der Waals surface area contributed by atoms with Gasteiger partial charge >= 0.3 is 0 Å². The van der Waals surface area contributed by atoms with Gasteiger partial charge in [-0.15, -0.1) is 0 Å². The van der Waals surface area contributed by atoms with E-state index in [1.807, 2.05) is 18.2 Å². The Morgan fingerprint density at radius 2 is 1.85 bits per heavy atom. The van der Waals surface area contributed by atoms with Gasteiger partial charge in [0.15, 0.2) is 0 Å². The van der Waals surface area contributed by atoms with E-state index in [0.717, 1.165) is 50.3 Å². The van der Waals surface area contributed by atoms with Crippen molar-refractivity contribution < 1.29 is 23.8 Å². The summed E-state index contributed by atoms with van der Waals surface area (Å²) in [7, 11) is 1.60. The molecule has 2 saturated heterocycles. The number of hydrogen-bond acceptors (Lipinski definition) is 10. The number of amides is 1. The van der Waals surface area contributed by atoms with E-state index in [2.05, 4.69) is 37.1 Å². The molecule has 238 valence electrons. The van der Waals surface area contributed by atoms with Crippen molar-refractivity contribution in [1.29, 1.82) is 0 Å². The lowest BCUT2D eigenvalue weighted by atomic mass is 9.62. The highest BCUT2D eigenvalue weighted by molar-refractivity contribution is 5.95. The van der Waals surface area contributed by atoms with Crippen molar-refractivity contribution >= 4 is 39.8 Å². The smallest absolute Gasteiger partial charge is 0.245 e. The number of nitrogens with zero attached hydrogens (tertiary/aromatic N) is 5. The lowest BCUT2D eigenvalue weighted by Crippen LogP contribution is -2.64. The summed E-state index contributed by atoms with van der Waals surface area (Å²) in [6, 6.07) is 12.1. The zero-order valence-corrected chi connectivity index (χ0v) is 25.6. The summed E-state index contributed by atoms with van der Waals surface area (Å²) >= 11 is 0. The average molecular weight is 626 g/mol. The predicted octanol–water partition coefficient (Wildman–Crippen LogP) is 5.26. The van der Waals surface area contributed by atoms with Crippen LogP contribution in [-0.4, -0.2) is 76.3 Å². The Hall–Kier alpha value is -4.97. The molecule has 2 aromatic carbocycles. The molecule has 0 atom stereocenters. The number of methoxy groups -OCH3 is 1. The second-order valence-corrected chi connectivity index (χ2v) is 12.4. The first-order valence-corrected chi connectivity index (χ1v) is 15.5. The third kappa shape index (κ3) is 5.87. The first-order chi connectivity index (χ1) is 22.3. The van der Waals surface area contributed by atoms with Gasteiger partial charge in [-0.05, 0) is 56.0 Å². The molecule has 0 bridgehead atoms. The Morgan fingerprint density at radius 1 is 1.07 bits per heavy atom.